The summed E-state index contributed by atoms with van der Waals surface area (Å²) in [4.78, 5) is 22.1. The Balaban J connectivity index is 1.19. The van der Waals surface area contributed by atoms with Crippen molar-refractivity contribution in [2.45, 2.75) is 69.9 Å². The van der Waals surface area contributed by atoms with Crippen molar-refractivity contribution in [1.29, 1.82) is 0 Å². The first-order valence-electron chi connectivity index (χ1n) is 15.1. The van der Waals surface area contributed by atoms with E-state index in [-0.39, 0.29) is 36.5 Å². The zero-order valence-electron chi connectivity index (χ0n) is 25.3. The second kappa shape index (κ2) is 12.9. The Labute approximate surface area is 268 Å². The van der Waals surface area contributed by atoms with Crippen LogP contribution in [-0.4, -0.2) is 70.5 Å². The summed E-state index contributed by atoms with van der Waals surface area (Å²) in [7, 11) is 2.84. The number of nitrogens with one attached hydrogen (secondary N) is 2. The van der Waals surface area contributed by atoms with Crippen LogP contribution in [0.15, 0.2) is 30.0 Å². The molecule has 2 fully saturated rings. The van der Waals surface area contributed by atoms with Gasteiger partial charge in [0.25, 0.3) is 11.8 Å². The third-order valence-corrected chi connectivity index (χ3v) is 10.0. The van der Waals surface area contributed by atoms with Gasteiger partial charge in [-0.25, -0.2) is 4.98 Å². The summed E-state index contributed by atoms with van der Waals surface area (Å²) >= 11 is 7.45. The highest BCUT2D eigenvalue weighted by molar-refractivity contribution is 7.12. The number of amides is 1. The first-order chi connectivity index (χ1) is 21.5. The zero-order valence-corrected chi connectivity index (χ0v) is 26.9. The maximum Gasteiger partial charge on any atom is 0.434 e. The minimum Gasteiger partial charge on any atom is -0.496 e. The molecule has 14 heteroatoms. The van der Waals surface area contributed by atoms with Gasteiger partial charge < -0.3 is 25.0 Å². The smallest absolute Gasteiger partial charge is 0.434 e. The summed E-state index contributed by atoms with van der Waals surface area (Å²) < 4.78 is 51.4. The average molecular weight is 665 g/mol. The molecule has 1 aliphatic carbocycles. The highest BCUT2D eigenvalue weighted by Crippen LogP contribution is 2.40. The lowest BCUT2D eigenvalue weighted by molar-refractivity contribution is -0.143. The normalized spacial score (nSPS) is 20.0. The van der Waals surface area contributed by atoms with Crippen LogP contribution in [0.3, 0.4) is 0 Å². The summed E-state index contributed by atoms with van der Waals surface area (Å²) in [6.45, 7) is 4.18. The monoisotopic (exact) mass is 664 g/mol. The fraction of sp³-hybridized carbons (Fsp3) is 0.516. The van der Waals surface area contributed by atoms with E-state index in [0.29, 0.717) is 37.0 Å². The lowest BCUT2D eigenvalue weighted by Gasteiger charge is -2.40. The molecule has 0 radical (unpaired) electrons. The van der Waals surface area contributed by atoms with Crippen molar-refractivity contribution in [3.8, 4) is 11.6 Å². The van der Waals surface area contributed by atoms with Gasteiger partial charge in [-0.15, -0.1) is 16.4 Å². The second-order valence-electron chi connectivity index (χ2n) is 11.7. The summed E-state index contributed by atoms with van der Waals surface area (Å²) in [5.41, 5.74) is 2.92. The molecule has 2 aromatic heterocycles. The zero-order chi connectivity index (χ0) is 31.9. The van der Waals surface area contributed by atoms with E-state index in [1.54, 1.807) is 18.4 Å². The molecule has 2 aliphatic heterocycles. The van der Waals surface area contributed by atoms with Gasteiger partial charge in [0.15, 0.2) is 5.69 Å². The van der Waals surface area contributed by atoms with Gasteiger partial charge in [-0.05, 0) is 55.4 Å². The molecule has 2 N–H and O–H groups in total. The quantitative estimate of drug-likeness (QED) is 0.274. The number of hydrogen-bond donors (Lipinski definition) is 2. The van der Waals surface area contributed by atoms with Crippen molar-refractivity contribution in [3.05, 3.63) is 61.7 Å². The molecule has 4 heterocycles. The second-order valence-corrected chi connectivity index (χ2v) is 13.2. The van der Waals surface area contributed by atoms with Crippen LogP contribution < -0.4 is 20.1 Å². The Bertz CT molecular complexity index is 1600. The lowest BCUT2D eigenvalue weighted by atomic mass is 9.86. The molecule has 1 saturated heterocycles. The minimum absolute atomic E-state index is 0.0585. The summed E-state index contributed by atoms with van der Waals surface area (Å²) in [6, 6.07) is 6.29. The van der Waals surface area contributed by atoms with Gasteiger partial charge in [-0.3, -0.25) is 9.48 Å². The lowest BCUT2D eigenvalue weighted by Crippen LogP contribution is -2.59. The van der Waals surface area contributed by atoms with E-state index in [1.165, 1.54) is 7.05 Å². The number of ether oxygens (including phenoxy) is 2. The van der Waals surface area contributed by atoms with E-state index in [4.69, 9.17) is 21.1 Å². The van der Waals surface area contributed by atoms with Crippen molar-refractivity contribution in [2.75, 3.05) is 26.8 Å². The molecule has 242 valence electrons. The molecule has 45 heavy (non-hydrogen) atoms. The van der Waals surface area contributed by atoms with E-state index in [2.05, 4.69) is 26.8 Å². The minimum atomic E-state index is -4.63. The molecule has 3 aliphatic rings. The number of fused-ring (bicyclic) bond motifs is 2. The van der Waals surface area contributed by atoms with Crippen LogP contribution in [0.2, 0.25) is 5.02 Å². The molecule has 1 amide bonds. The average Bonchev–Trinajstić information content (AvgIpc) is 3.65. The molecule has 0 spiro atoms. The molecule has 2 atom stereocenters. The third-order valence-electron chi connectivity index (χ3n) is 8.59. The summed E-state index contributed by atoms with van der Waals surface area (Å²) in [6.07, 6.45) is 0.989. The molecule has 2 bridgehead atoms. The SMILES string of the molecule is COc1cccc(CN(C(=O)C2=C(c3cnc(CCCOc4nn(C)c(C(F)(F)F)c4Cl)s3)CC3CNCC2N3)C2CC2)c1C. The Morgan fingerprint density at radius 1 is 1.27 bits per heavy atom. The molecular formula is C31H36ClF3N6O3S. The van der Waals surface area contributed by atoms with E-state index < -0.39 is 16.9 Å². The largest absolute Gasteiger partial charge is 0.496 e. The molecule has 2 unspecified atom stereocenters. The van der Waals surface area contributed by atoms with Gasteiger partial charge in [-0.2, -0.15) is 13.2 Å². The van der Waals surface area contributed by atoms with Gasteiger partial charge in [0.1, 0.15) is 10.8 Å². The van der Waals surface area contributed by atoms with E-state index in [9.17, 15) is 18.0 Å². The molecule has 6 rings (SSSR count). The van der Waals surface area contributed by atoms with E-state index in [1.807, 2.05) is 30.2 Å². The maximum absolute atomic E-state index is 14.4. The Kier molecular flexibility index (Phi) is 9.15. The van der Waals surface area contributed by atoms with Gasteiger partial charge in [0, 0.05) is 57.0 Å². The van der Waals surface area contributed by atoms with Gasteiger partial charge >= 0.3 is 6.18 Å². The number of alkyl halides is 3. The van der Waals surface area contributed by atoms with E-state index in [0.717, 1.165) is 57.3 Å². The molecule has 1 saturated carbocycles. The number of carbonyl (C=O) groups is 1. The van der Waals surface area contributed by atoms with Gasteiger partial charge in [-0.1, -0.05) is 23.7 Å². The fourth-order valence-electron chi connectivity index (χ4n) is 6.17. The van der Waals surface area contributed by atoms with Gasteiger partial charge in [0.05, 0.1) is 29.6 Å². The number of nitrogens with zero attached hydrogens (tertiary/aromatic N) is 4. The van der Waals surface area contributed by atoms with Crippen molar-refractivity contribution in [1.82, 2.24) is 30.3 Å². The highest BCUT2D eigenvalue weighted by Gasteiger charge is 2.42. The molecule has 1 aromatic carbocycles. The topological polar surface area (TPSA) is 93.5 Å². The number of methoxy groups -OCH3 is 1. The van der Waals surface area contributed by atoms with Crippen LogP contribution in [-0.2, 0) is 31.0 Å². The number of carbonyl (C=O) groups excluding carboxylic acids is 1. The Morgan fingerprint density at radius 2 is 2.07 bits per heavy atom. The maximum atomic E-state index is 14.4. The number of rotatable bonds is 11. The number of aromatic nitrogens is 3. The van der Waals surface area contributed by atoms with Crippen LogP contribution in [0.4, 0.5) is 13.2 Å². The standard InChI is InChI=1S/C31H36ClF3N6O3S/c1-17-18(6-4-7-23(17)43-3)16-41(20-9-10-20)30(42)26-21(12-19-13-36-14-22(26)38-19)24-15-37-25(45-24)8-5-11-44-29-27(32)28(31(33,34)35)40(2)39-29/h4,6-7,15,19-20,22,36,38H,5,8-14,16H2,1-3H3. The fourth-order valence-corrected chi connectivity index (χ4v) is 7.52. The van der Waals surface area contributed by atoms with Crippen LogP contribution in [0.1, 0.15) is 52.4 Å². The number of halogens is 4. The first kappa shape index (κ1) is 31.8. The highest BCUT2D eigenvalue weighted by atomic mass is 35.5. The van der Waals surface area contributed by atoms with Crippen LogP contribution in [0.25, 0.3) is 5.57 Å². The number of thiazole rings is 1. The van der Waals surface area contributed by atoms with E-state index >= 15 is 0 Å². The number of piperazine rings is 1. The summed E-state index contributed by atoms with van der Waals surface area (Å²) in [5, 5.41) is 11.3. The van der Waals surface area contributed by atoms with Crippen molar-refractivity contribution >= 4 is 34.4 Å². The van der Waals surface area contributed by atoms with Crippen molar-refractivity contribution in [3.63, 3.8) is 0 Å². The summed E-state index contributed by atoms with van der Waals surface area (Å²) in [5.74, 6) is 0.632. The number of aryl methyl sites for hydroxylation is 2. The number of hydrogen-bond acceptors (Lipinski definition) is 8. The molecule has 3 aromatic rings. The molecular weight excluding hydrogens is 629 g/mol. The predicted octanol–water partition coefficient (Wildman–Crippen LogP) is 5.16. The number of benzene rings is 1. The van der Waals surface area contributed by atoms with Crippen LogP contribution in [0, 0.1) is 6.92 Å². The third kappa shape index (κ3) is 6.72. The van der Waals surface area contributed by atoms with Crippen LogP contribution in [0.5, 0.6) is 11.6 Å². The van der Waals surface area contributed by atoms with Crippen molar-refractivity contribution < 1.29 is 27.4 Å². The Morgan fingerprint density at radius 3 is 2.78 bits per heavy atom. The van der Waals surface area contributed by atoms with Crippen LogP contribution >= 0.6 is 22.9 Å². The Hall–Kier alpha value is -3.13. The van der Waals surface area contributed by atoms with Crippen molar-refractivity contribution in [2.24, 2.45) is 7.05 Å². The first-order valence-corrected chi connectivity index (χ1v) is 16.2. The molecule has 9 nitrogen and oxygen atoms in total. The predicted molar refractivity (Wildman–Crippen MR) is 166 cm³/mol. The van der Waals surface area contributed by atoms with Gasteiger partial charge in [0.2, 0.25) is 0 Å².